The highest BCUT2D eigenvalue weighted by Gasteiger charge is 2.27. The van der Waals surface area contributed by atoms with Crippen LogP contribution in [0.5, 0.6) is 0 Å². The largest absolute Gasteiger partial charge is 0.370 e. The minimum atomic E-state index is -0.905. The molecular weight excluding hydrogens is 426 g/mol. The van der Waals surface area contributed by atoms with E-state index in [0.29, 0.717) is 36.3 Å². The molecule has 1 aliphatic rings. The number of carbonyl (C=O) groups excluding carboxylic acids is 2. The fourth-order valence-electron chi connectivity index (χ4n) is 2.60. The highest BCUT2D eigenvalue weighted by Crippen LogP contribution is 2.20. The van der Waals surface area contributed by atoms with Crippen molar-refractivity contribution < 1.29 is 14.5 Å². The van der Waals surface area contributed by atoms with Gasteiger partial charge >= 0.3 is 0 Å². The van der Waals surface area contributed by atoms with Crippen LogP contribution in [-0.2, 0) is 15.3 Å². The normalized spacial score (nSPS) is 14.8. The van der Waals surface area contributed by atoms with Crippen molar-refractivity contribution >= 4 is 58.2 Å². The lowest BCUT2D eigenvalue weighted by Gasteiger charge is -2.36. The third-order valence-electron chi connectivity index (χ3n) is 4.10. The Morgan fingerprint density at radius 2 is 1.71 bits per heavy atom. The number of non-ortho nitro benzene ring substituents is 1. The predicted molar refractivity (Wildman–Crippen MR) is 114 cm³/mol. The van der Waals surface area contributed by atoms with Crippen LogP contribution in [0.1, 0.15) is 12.0 Å². The first-order chi connectivity index (χ1) is 12.8. The second kappa shape index (κ2) is 11.1. The monoisotopic (exact) mass is 447 g/mol. The molecule has 1 saturated heterocycles. The van der Waals surface area contributed by atoms with Crippen LogP contribution in [0, 0.1) is 10.1 Å². The van der Waals surface area contributed by atoms with Crippen LogP contribution in [0.25, 0.3) is 0 Å². The van der Waals surface area contributed by atoms with Crippen molar-refractivity contribution in [2.24, 2.45) is 11.5 Å². The molecule has 0 bridgehead atoms. The van der Waals surface area contributed by atoms with Crippen LogP contribution in [-0.4, -0.2) is 63.1 Å². The molecule has 154 valence electrons. The zero-order valence-corrected chi connectivity index (χ0v) is 17.4. The number of nitrogens with zero attached hydrogens (tertiary/aromatic N) is 3. The molecular formula is C16H22ClN5O4S2. The Balaban J connectivity index is 0.00000392. The lowest BCUT2D eigenvalue weighted by atomic mass is 10.1. The molecule has 0 saturated carbocycles. The van der Waals surface area contributed by atoms with Crippen molar-refractivity contribution in [3.05, 3.63) is 39.9 Å². The number of hydrogen-bond acceptors (Lipinski definition) is 7. The topological polar surface area (TPSA) is 136 Å². The van der Waals surface area contributed by atoms with Gasteiger partial charge in [0, 0.05) is 44.1 Å². The number of carbonyl (C=O) groups is 2. The van der Waals surface area contributed by atoms with Crippen molar-refractivity contribution in [1.29, 1.82) is 0 Å². The third-order valence-corrected chi connectivity index (χ3v) is 5.69. The standard InChI is InChI=1S/C16H21N5O4S2.ClH/c17-13(9-14(18)22)15(23)19-5-7-20(8-6-19)16(26)27-10-11-1-3-12(4-2-11)21(24)25;/h1-4,13H,5-10,17H2,(H2,18,22);1H. The van der Waals surface area contributed by atoms with E-state index in [-0.39, 0.29) is 30.4 Å². The highest BCUT2D eigenvalue weighted by molar-refractivity contribution is 8.22. The zero-order chi connectivity index (χ0) is 20.0. The van der Waals surface area contributed by atoms with Crippen LogP contribution in [0.15, 0.2) is 24.3 Å². The summed E-state index contributed by atoms with van der Waals surface area (Å²) in [5, 5.41) is 10.7. The number of hydrogen-bond donors (Lipinski definition) is 2. The van der Waals surface area contributed by atoms with E-state index < -0.39 is 16.9 Å². The summed E-state index contributed by atoms with van der Waals surface area (Å²) in [6, 6.07) is 5.46. The second-order valence-corrected chi connectivity index (χ2v) is 7.68. The van der Waals surface area contributed by atoms with E-state index in [1.807, 2.05) is 4.90 Å². The average Bonchev–Trinajstić information content (AvgIpc) is 2.65. The van der Waals surface area contributed by atoms with Gasteiger partial charge in [-0.05, 0) is 5.56 Å². The summed E-state index contributed by atoms with van der Waals surface area (Å²) >= 11 is 6.92. The van der Waals surface area contributed by atoms with Gasteiger partial charge in [0.15, 0.2) is 0 Å². The number of rotatable bonds is 6. The Kier molecular flexibility index (Phi) is 9.59. The van der Waals surface area contributed by atoms with Crippen LogP contribution in [0.2, 0.25) is 0 Å². The van der Waals surface area contributed by atoms with Gasteiger partial charge in [0.1, 0.15) is 4.32 Å². The molecule has 1 aromatic carbocycles. The lowest BCUT2D eigenvalue weighted by molar-refractivity contribution is -0.384. The summed E-state index contributed by atoms with van der Waals surface area (Å²) in [6.45, 7) is 2.12. The summed E-state index contributed by atoms with van der Waals surface area (Å²) in [7, 11) is 0. The van der Waals surface area contributed by atoms with Gasteiger partial charge in [-0.15, -0.1) is 12.4 Å². The van der Waals surface area contributed by atoms with Gasteiger partial charge in [-0.3, -0.25) is 19.7 Å². The van der Waals surface area contributed by atoms with Crippen LogP contribution in [0.4, 0.5) is 5.69 Å². The summed E-state index contributed by atoms with van der Waals surface area (Å²) in [4.78, 5) is 36.9. The number of thiocarbonyl (C=S) groups is 1. The van der Waals surface area contributed by atoms with Crippen molar-refractivity contribution in [1.82, 2.24) is 9.80 Å². The highest BCUT2D eigenvalue weighted by atomic mass is 35.5. The van der Waals surface area contributed by atoms with Crippen molar-refractivity contribution in [2.45, 2.75) is 18.2 Å². The number of benzene rings is 1. The molecule has 1 unspecified atom stereocenters. The molecule has 4 N–H and O–H groups in total. The number of amides is 2. The van der Waals surface area contributed by atoms with E-state index in [1.54, 1.807) is 17.0 Å². The summed E-state index contributed by atoms with van der Waals surface area (Å²) in [5.41, 5.74) is 11.8. The predicted octanol–water partition coefficient (Wildman–Crippen LogP) is 0.882. The molecule has 28 heavy (non-hydrogen) atoms. The Bertz CT molecular complexity index is 726. The van der Waals surface area contributed by atoms with Crippen molar-refractivity contribution in [2.75, 3.05) is 26.2 Å². The molecule has 1 aliphatic heterocycles. The summed E-state index contributed by atoms with van der Waals surface area (Å²) in [5.74, 6) is -0.268. The van der Waals surface area contributed by atoms with Crippen LogP contribution >= 0.6 is 36.4 Å². The zero-order valence-electron chi connectivity index (χ0n) is 15.0. The lowest BCUT2D eigenvalue weighted by Crippen LogP contribution is -2.54. The van der Waals surface area contributed by atoms with Gasteiger partial charge in [0.2, 0.25) is 11.8 Å². The van der Waals surface area contributed by atoms with Gasteiger partial charge in [0.05, 0.1) is 17.4 Å². The van der Waals surface area contributed by atoms with Gasteiger partial charge < -0.3 is 21.3 Å². The molecule has 1 atom stereocenters. The quantitative estimate of drug-likeness (QED) is 0.372. The molecule has 2 amide bonds. The fraction of sp³-hybridized carbons (Fsp3) is 0.438. The number of nitro benzene ring substituents is 1. The van der Waals surface area contributed by atoms with Crippen LogP contribution in [0.3, 0.4) is 0 Å². The minimum absolute atomic E-state index is 0. The first kappa shape index (κ1) is 24.1. The number of primary amides is 1. The number of nitrogens with two attached hydrogens (primary N) is 2. The molecule has 1 fully saturated rings. The average molecular weight is 448 g/mol. The fourth-order valence-corrected chi connectivity index (χ4v) is 3.81. The molecule has 1 aromatic rings. The first-order valence-corrected chi connectivity index (χ1v) is 9.65. The molecule has 0 aromatic heterocycles. The van der Waals surface area contributed by atoms with Gasteiger partial charge in [-0.2, -0.15) is 0 Å². The van der Waals surface area contributed by atoms with E-state index in [2.05, 4.69) is 0 Å². The van der Waals surface area contributed by atoms with Crippen LogP contribution < -0.4 is 11.5 Å². The minimum Gasteiger partial charge on any atom is -0.370 e. The van der Waals surface area contributed by atoms with E-state index in [0.717, 1.165) is 5.56 Å². The maximum absolute atomic E-state index is 12.2. The van der Waals surface area contributed by atoms with Crippen molar-refractivity contribution in [3.63, 3.8) is 0 Å². The van der Waals surface area contributed by atoms with E-state index in [9.17, 15) is 19.7 Å². The number of nitro groups is 1. The van der Waals surface area contributed by atoms with Gasteiger partial charge in [-0.25, -0.2) is 0 Å². The molecule has 0 spiro atoms. The maximum atomic E-state index is 12.2. The van der Waals surface area contributed by atoms with Crippen molar-refractivity contribution in [3.8, 4) is 0 Å². The first-order valence-electron chi connectivity index (χ1n) is 8.25. The third kappa shape index (κ3) is 6.89. The maximum Gasteiger partial charge on any atom is 0.269 e. The smallest absolute Gasteiger partial charge is 0.269 e. The SMILES string of the molecule is Cl.NC(=O)CC(N)C(=O)N1CCN(C(=S)SCc2ccc([N+](=O)[O-])cc2)CC1. The van der Waals surface area contributed by atoms with E-state index in [1.165, 1.54) is 23.9 Å². The molecule has 12 heteroatoms. The van der Waals surface area contributed by atoms with E-state index in [4.69, 9.17) is 23.7 Å². The Hall–Kier alpha value is -1.95. The molecule has 2 rings (SSSR count). The Morgan fingerprint density at radius 3 is 2.21 bits per heavy atom. The number of halogens is 1. The molecule has 9 nitrogen and oxygen atoms in total. The second-order valence-electron chi connectivity index (χ2n) is 6.07. The van der Waals surface area contributed by atoms with Gasteiger partial charge in [-0.1, -0.05) is 36.1 Å². The molecule has 0 radical (unpaired) electrons. The van der Waals surface area contributed by atoms with Gasteiger partial charge in [0.25, 0.3) is 5.69 Å². The number of thioether (sulfide) groups is 1. The summed E-state index contributed by atoms with van der Waals surface area (Å²) in [6.07, 6.45) is -0.164. The Morgan fingerprint density at radius 1 is 1.18 bits per heavy atom. The summed E-state index contributed by atoms with van der Waals surface area (Å²) < 4.78 is 0.710. The molecule has 0 aliphatic carbocycles. The number of piperazine rings is 1. The molecule has 1 heterocycles. The van der Waals surface area contributed by atoms with E-state index >= 15 is 0 Å². The Labute approximate surface area is 178 Å².